The van der Waals surface area contributed by atoms with Crippen molar-refractivity contribution >= 4 is 11.8 Å². The fourth-order valence-electron chi connectivity index (χ4n) is 3.55. The number of nitrogens with one attached hydrogen (secondary N) is 1. The summed E-state index contributed by atoms with van der Waals surface area (Å²) in [4.78, 5) is 0. The predicted octanol–water partition coefficient (Wildman–Crippen LogP) is 2.05. The third-order valence-electron chi connectivity index (χ3n) is 4.70. The molecule has 1 aliphatic heterocycles. The number of thioether (sulfide) groups is 1. The molecule has 2 aliphatic carbocycles. The molecular weight excluding hydrogens is 230 g/mol. The van der Waals surface area contributed by atoms with E-state index in [0.717, 1.165) is 55.2 Å². The first-order valence-corrected chi connectivity index (χ1v) is 8.10. The van der Waals surface area contributed by atoms with Crippen LogP contribution in [-0.2, 0) is 0 Å². The molecule has 0 unspecified atom stereocenters. The van der Waals surface area contributed by atoms with Gasteiger partial charge in [0.05, 0.1) is 5.60 Å². The second kappa shape index (κ2) is 4.94. The van der Waals surface area contributed by atoms with Crippen molar-refractivity contribution in [2.45, 2.75) is 31.3 Å². The van der Waals surface area contributed by atoms with E-state index >= 15 is 0 Å². The maximum atomic E-state index is 10.4. The Balaban J connectivity index is 1.41. The van der Waals surface area contributed by atoms with Crippen molar-refractivity contribution in [3.8, 4) is 0 Å². The lowest BCUT2D eigenvalue weighted by Crippen LogP contribution is -2.44. The van der Waals surface area contributed by atoms with Crippen LogP contribution in [0.25, 0.3) is 0 Å². The fraction of sp³-hybridized carbons (Fsp3) is 0.857. The van der Waals surface area contributed by atoms with Gasteiger partial charge in [-0.15, -0.1) is 0 Å². The van der Waals surface area contributed by atoms with E-state index in [-0.39, 0.29) is 0 Å². The molecule has 0 aromatic rings. The van der Waals surface area contributed by atoms with Gasteiger partial charge in [0.1, 0.15) is 0 Å². The highest BCUT2D eigenvalue weighted by Gasteiger charge is 2.36. The molecule has 2 nitrogen and oxygen atoms in total. The van der Waals surface area contributed by atoms with Crippen LogP contribution < -0.4 is 5.32 Å². The van der Waals surface area contributed by atoms with Crippen molar-refractivity contribution in [1.29, 1.82) is 0 Å². The first kappa shape index (κ1) is 12.1. The molecule has 3 heteroatoms. The molecule has 17 heavy (non-hydrogen) atoms. The summed E-state index contributed by atoms with van der Waals surface area (Å²) in [5, 5.41) is 13.9. The van der Waals surface area contributed by atoms with Crippen LogP contribution in [0, 0.1) is 17.8 Å². The second-order valence-electron chi connectivity index (χ2n) is 6.01. The van der Waals surface area contributed by atoms with Crippen molar-refractivity contribution in [3.63, 3.8) is 0 Å². The maximum absolute atomic E-state index is 10.4. The predicted molar refractivity (Wildman–Crippen MR) is 73.2 cm³/mol. The number of hydrogen-bond acceptors (Lipinski definition) is 3. The van der Waals surface area contributed by atoms with Gasteiger partial charge in [0.25, 0.3) is 0 Å². The van der Waals surface area contributed by atoms with Gasteiger partial charge in [-0.1, -0.05) is 12.2 Å². The van der Waals surface area contributed by atoms with Gasteiger partial charge in [-0.05, 0) is 61.5 Å². The van der Waals surface area contributed by atoms with Gasteiger partial charge in [-0.25, -0.2) is 0 Å². The summed E-state index contributed by atoms with van der Waals surface area (Å²) in [5.41, 5.74) is -0.418. The van der Waals surface area contributed by atoms with Crippen LogP contribution in [0.5, 0.6) is 0 Å². The van der Waals surface area contributed by atoms with Crippen molar-refractivity contribution < 1.29 is 5.11 Å². The van der Waals surface area contributed by atoms with Gasteiger partial charge in [-0.2, -0.15) is 11.8 Å². The molecule has 0 aromatic carbocycles. The van der Waals surface area contributed by atoms with Gasteiger partial charge in [-0.3, -0.25) is 0 Å². The normalized spacial score (nSPS) is 38.8. The van der Waals surface area contributed by atoms with Crippen molar-refractivity contribution in [2.75, 3.05) is 24.6 Å². The Morgan fingerprint density at radius 1 is 1.24 bits per heavy atom. The lowest BCUT2D eigenvalue weighted by molar-refractivity contribution is 0.0313. The van der Waals surface area contributed by atoms with E-state index in [1.807, 2.05) is 11.8 Å². The maximum Gasteiger partial charge on any atom is 0.0787 e. The summed E-state index contributed by atoms with van der Waals surface area (Å²) >= 11 is 1.97. The third-order valence-corrected chi connectivity index (χ3v) is 5.69. The molecule has 1 saturated carbocycles. The number of allylic oxidation sites excluding steroid dienone is 2. The molecule has 0 amide bonds. The monoisotopic (exact) mass is 253 g/mol. The Kier molecular flexibility index (Phi) is 3.51. The molecule has 0 radical (unpaired) electrons. The summed E-state index contributed by atoms with van der Waals surface area (Å²) in [5.74, 6) is 4.75. The van der Waals surface area contributed by atoms with E-state index in [4.69, 9.17) is 0 Å². The minimum absolute atomic E-state index is 0.418. The zero-order valence-electron chi connectivity index (χ0n) is 10.4. The third kappa shape index (κ3) is 2.72. The zero-order valence-corrected chi connectivity index (χ0v) is 11.2. The first-order chi connectivity index (χ1) is 8.25. The quantitative estimate of drug-likeness (QED) is 0.752. The summed E-state index contributed by atoms with van der Waals surface area (Å²) in [7, 11) is 0. The van der Waals surface area contributed by atoms with Gasteiger partial charge in [0.15, 0.2) is 0 Å². The number of rotatable bonds is 4. The molecule has 1 saturated heterocycles. The largest absolute Gasteiger partial charge is 0.389 e. The van der Waals surface area contributed by atoms with Crippen LogP contribution in [0.15, 0.2) is 12.2 Å². The lowest BCUT2D eigenvalue weighted by atomic mass is 9.92. The Bertz CT molecular complexity index is 299. The van der Waals surface area contributed by atoms with E-state index < -0.39 is 5.60 Å². The van der Waals surface area contributed by atoms with Crippen molar-refractivity contribution in [3.05, 3.63) is 12.2 Å². The smallest absolute Gasteiger partial charge is 0.0787 e. The molecule has 96 valence electrons. The standard InChI is InChI=1S/C14H23NOS/c16-14(3-5-17-6-4-14)10-15-9-13-8-11-1-2-12(13)7-11/h1-2,11-13,15-16H,3-10H2/t11-,12-,13-/m0/s1. The minimum atomic E-state index is -0.418. The summed E-state index contributed by atoms with van der Waals surface area (Å²) in [6.07, 6.45) is 9.47. The van der Waals surface area contributed by atoms with Crippen LogP contribution in [0.4, 0.5) is 0 Å². The van der Waals surface area contributed by atoms with Crippen molar-refractivity contribution in [2.24, 2.45) is 17.8 Å². The molecule has 0 aromatic heterocycles. The molecule has 2 fully saturated rings. The van der Waals surface area contributed by atoms with E-state index in [0.29, 0.717) is 0 Å². The number of fused-ring (bicyclic) bond motifs is 2. The molecule has 2 N–H and O–H groups in total. The van der Waals surface area contributed by atoms with Crippen LogP contribution in [0.2, 0.25) is 0 Å². The number of aliphatic hydroxyl groups is 1. The number of hydrogen-bond donors (Lipinski definition) is 2. The van der Waals surface area contributed by atoms with Crippen LogP contribution in [-0.4, -0.2) is 35.3 Å². The Morgan fingerprint density at radius 3 is 2.71 bits per heavy atom. The van der Waals surface area contributed by atoms with E-state index in [2.05, 4.69) is 17.5 Å². The average molecular weight is 253 g/mol. The van der Waals surface area contributed by atoms with Crippen LogP contribution in [0.3, 0.4) is 0 Å². The van der Waals surface area contributed by atoms with Gasteiger partial charge in [0.2, 0.25) is 0 Å². The summed E-state index contributed by atoms with van der Waals surface area (Å²) in [6, 6.07) is 0. The van der Waals surface area contributed by atoms with Crippen molar-refractivity contribution in [1.82, 2.24) is 5.32 Å². The van der Waals surface area contributed by atoms with Gasteiger partial charge >= 0.3 is 0 Å². The second-order valence-corrected chi connectivity index (χ2v) is 7.23. The lowest BCUT2D eigenvalue weighted by Gasteiger charge is -2.32. The summed E-state index contributed by atoms with van der Waals surface area (Å²) < 4.78 is 0. The fourth-order valence-corrected chi connectivity index (χ4v) is 4.80. The van der Waals surface area contributed by atoms with E-state index in [1.165, 1.54) is 12.8 Å². The zero-order chi connectivity index (χ0) is 11.7. The van der Waals surface area contributed by atoms with Crippen LogP contribution >= 0.6 is 11.8 Å². The SMILES string of the molecule is OC1(CNC[C@@H]2C[C@H]3C=C[C@H]2C3)CCSCC1. The molecule has 0 spiro atoms. The Morgan fingerprint density at radius 2 is 2.06 bits per heavy atom. The molecule has 3 aliphatic rings. The molecular formula is C14H23NOS. The molecule has 1 heterocycles. The summed E-state index contributed by atoms with van der Waals surface area (Å²) in [6.45, 7) is 1.89. The average Bonchev–Trinajstić information content (AvgIpc) is 2.92. The van der Waals surface area contributed by atoms with E-state index in [9.17, 15) is 5.11 Å². The Labute approximate surface area is 108 Å². The highest BCUT2D eigenvalue weighted by Crippen LogP contribution is 2.43. The topological polar surface area (TPSA) is 32.3 Å². The highest BCUT2D eigenvalue weighted by atomic mass is 32.2. The Hall–Kier alpha value is 0.01000. The van der Waals surface area contributed by atoms with Gasteiger partial charge < -0.3 is 10.4 Å². The van der Waals surface area contributed by atoms with E-state index in [1.54, 1.807) is 0 Å². The highest BCUT2D eigenvalue weighted by molar-refractivity contribution is 7.99. The minimum Gasteiger partial charge on any atom is -0.389 e. The molecule has 3 atom stereocenters. The van der Waals surface area contributed by atoms with Gasteiger partial charge in [0, 0.05) is 6.54 Å². The molecule has 3 rings (SSSR count). The van der Waals surface area contributed by atoms with Crippen LogP contribution in [0.1, 0.15) is 25.7 Å². The first-order valence-electron chi connectivity index (χ1n) is 6.94. The molecule has 2 bridgehead atoms.